The van der Waals surface area contributed by atoms with Crippen LogP contribution in [0.5, 0.6) is 0 Å². The molecule has 5 nitrogen and oxygen atoms in total. The predicted octanol–water partition coefficient (Wildman–Crippen LogP) is 4.94. The fourth-order valence-corrected chi connectivity index (χ4v) is 6.57. The van der Waals surface area contributed by atoms with Crippen LogP contribution in [0.15, 0.2) is 52.4 Å². The third-order valence-corrected chi connectivity index (χ3v) is 8.10. The first-order valence-electron chi connectivity index (χ1n) is 10.6. The lowest BCUT2D eigenvalue weighted by Crippen LogP contribution is -2.22. The number of carbonyl (C=O) groups excluding carboxylic acids is 1. The normalized spacial score (nSPS) is 12.9. The molecule has 0 unspecified atom stereocenters. The standard InChI is InChI=1S/C25H23N3O2S2/c1-14-6-11-19(15(2)12-14)28-24(30)21-18-4-3-5-20(18)32-23(21)27-25(28)31-13-16-7-9-17(10-8-16)22(26)29/h6-12H,3-5,13H2,1-2H3,(H2,26,29). The molecule has 0 spiro atoms. The minimum Gasteiger partial charge on any atom is -0.366 e. The van der Waals surface area contributed by atoms with Gasteiger partial charge in [0, 0.05) is 16.2 Å². The Labute approximate surface area is 194 Å². The molecule has 0 saturated carbocycles. The summed E-state index contributed by atoms with van der Waals surface area (Å²) < 4.78 is 1.78. The van der Waals surface area contributed by atoms with E-state index in [1.165, 1.54) is 22.2 Å². The molecule has 5 rings (SSSR count). The van der Waals surface area contributed by atoms with Crippen molar-refractivity contribution in [2.45, 2.75) is 44.0 Å². The Hall–Kier alpha value is -2.90. The van der Waals surface area contributed by atoms with Crippen molar-refractivity contribution in [3.8, 4) is 5.69 Å². The molecule has 4 aromatic rings. The van der Waals surface area contributed by atoms with E-state index in [0.717, 1.165) is 51.9 Å². The molecule has 0 bridgehead atoms. The third-order valence-electron chi connectivity index (χ3n) is 5.91. The third kappa shape index (κ3) is 3.65. The quantitative estimate of drug-likeness (QED) is 0.337. The van der Waals surface area contributed by atoms with Gasteiger partial charge in [-0.1, -0.05) is 41.6 Å². The van der Waals surface area contributed by atoms with Crippen molar-refractivity contribution in [1.82, 2.24) is 9.55 Å². The Kier molecular flexibility index (Phi) is 5.39. The van der Waals surface area contributed by atoms with Gasteiger partial charge in [0.2, 0.25) is 5.91 Å². The topological polar surface area (TPSA) is 78.0 Å². The van der Waals surface area contributed by atoms with Gasteiger partial charge < -0.3 is 5.73 Å². The van der Waals surface area contributed by atoms with Crippen LogP contribution in [0.1, 0.15) is 43.9 Å². The molecule has 2 aromatic heterocycles. The first kappa shape index (κ1) is 21.0. The zero-order valence-electron chi connectivity index (χ0n) is 18.0. The second-order valence-corrected chi connectivity index (χ2v) is 10.2. The Bertz CT molecular complexity index is 1420. The van der Waals surface area contributed by atoms with E-state index in [4.69, 9.17) is 10.7 Å². The first-order valence-corrected chi connectivity index (χ1v) is 12.4. The van der Waals surface area contributed by atoms with Crippen molar-refractivity contribution in [1.29, 1.82) is 0 Å². The smallest absolute Gasteiger partial charge is 0.267 e. The van der Waals surface area contributed by atoms with Crippen molar-refractivity contribution in [3.63, 3.8) is 0 Å². The Balaban J connectivity index is 1.62. The van der Waals surface area contributed by atoms with Gasteiger partial charge in [0.05, 0.1) is 11.1 Å². The van der Waals surface area contributed by atoms with Crippen molar-refractivity contribution in [2.75, 3.05) is 0 Å². The molecule has 0 fully saturated rings. The number of nitrogens with two attached hydrogens (primary N) is 1. The fraction of sp³-hybridized carbons (Fsp3) is 0.240. The van der Waals surface area contributed by atoms with Gasteiger partial charge in [-0.3, -0.25) is 14.2 Å². The number of fused-ring (bicyclic) bond motifs is 3. The van der Waals surface area contributed by atoms with Crippen LogP contribution in [0.2, 0.25) is 0 Å². The number of thiophene rings is 1. The average molecular weight is 462 g/mol. The van der Waals surface area contributed by atoms with Crippen molar-refractivity contribution >= 4 is 39.2 Å². The van der Waals surface area contributed by atoms with Gasteiger partial charge in [0.1, 0.15) is 4.83 Å². The van der Waals surface area contributed by atoms with E-state index in [9.17, 15) is 9.59 Å². The lowest BCUT2D eigenvalue weighted by molar-refractivity contribution is 0.100. The summed E-state index contributed by atoms with van der Waals surface area (Å²) in [4.78, 5) is 32.3. The zero-order valence-corrected chi connectivity index (χ0v) is 19.6. The zero-order chi connectivity index (χ0) is 22.4. The molecule has 32 heavy (non-hydrogen) atoms. The van der Waals surface area contributed by atoms with E-state index in [-0.39, 0.29) is 5.56 Å². The van der Waals surface area contributed by atoms with Crippen LogP contribution < -0.4 is 11.3 Å². The lowest BCUT2D eigenvalue weighted by atomic mass is 10.1. The van der Waals surface area contributed by atoms with Gasteiger partial charge in [-0.05, 0) is 68.0 Å². The number of amides is 1. The van der Waals surface area contributed by atoms with Crippen molar-refractivity contribution in [3.05, 3.63) is 85.5 Å². The Morgan fingerprint density at radius 3 is 2.66 bits per heavy atom. The molecule has 1 amide bonds. The molecule has 0 aliphatic heterocycles. The Morgan fingerprint density at radius 1 is 1.16 bits per heavy atom. The number of rotatable bonds is 5. The van der Waals surface area contributed by atoms with Crippen LogP contribution in [0, 0.1) is 13.8 Å². The van der Waals surface area contributed by atoms with Gasteiger partial charge in [-0.15, -0.1) is 11.3 Å². The number of aromatic nitrogens is 2. The molecule has 2 N–H and O–H groups in total. The Morgan fingerprint density at radius 2 is 1.94 bits per heavy atom. The highest BCUT2D eigenvalue weighted by atomic mass is 32.2. The highest BCUT2D eigenvalue weighted by molar-refractivity contribution is 7.98. The van der Waals surface area contributed by atoms with Crippen LogP contribution >= 0.6 is 23.1 Å². The number of benzene rings is 2. The van der Waals surface area contributed by atoms with Crippen LogP contribution in [0.4, 0.5) is 0 Å². The SMILES string of the molecule is Cc1ccc(-n2c(SCc3ccc(C(N)=O)cc3)nc3sc4c(c3c2=O)CCC4)c(C)c1. The number of thioether (sulfide) groups is 1. The van der Waals surface area contributed by atoms with Gasteiger partial charge >= 0.3 is 0 Å². The molecule has 2 heterocycles. The predicted molar refractivity (Wildman–Crippen MR) is 131 cm³/mol. The maximum absolute atomic E-state index is 13.8. The molecular weight excluding hydrogens is 438 g/mol. The summed E-state index contributed by atoms with van der Waals surface area (Å²) in [6.07, 6.45) is 3.10. The average Bonchev–Trinajstić information content (AvgIpc) is 3.34. The van der Waals surface area contributed by atoms with Crippen molar-refractivity contribution < 1.29 is 4.79 Å². The maximum Gasteiger partial charge on any atom is 0.267 e. The molecule has 2 aromatic carbocycles. The summed E-state index contributed by atoms with van der Waals surface area (Å²) in [6, 6.07) is 13.4. The van der Waals surface area contributed by atoms with Crippen LogP contribution in [-0.4, -0.2) is 15.5 Å². The maximum atomic E-state index is 13.8. The second kappa shape index (κ2) is 8.22. The van der Waals surface area contributed by atoms with Gasteiger partial charge in [0.25, 0.3) is 5.56 Å². The van der Waals surface area contributed by atoms with Crippen LogP contribution in [0.25, 0.3) is 15.9 Å². The second-order valence-electron chi connectivity index (χ2n) is 8.21. The minimum atomic E-state index is -0.439. The summed E-state index contributed by atoms with van der Waals surface area (Å²) in [7, 11) is 0. The van der Waals surface area contributed by atoms with E-state index >= 15 is 0 Å². The van der Waals surface area contributed by atoms with Crippen LogP contribution in [-0.2, 0) is 18.6 Å². The van der Waals surface area contributed by atoms with Gasteiger partial charge in [-0.25, -0.2) is 4.98 Å². The lowest BCUT2D eigenvalue weighted by Gasteiger charge is -2.15. The van der Waals surface area contributed by atoms with Gasteiger partial charge in [-0.2, -0.15) is 0 Å². The molecule has 1 aliphatic rings. The van der Waals surface area contributed by atoms with E-state index in [1.807, 2.05) is 31.2 Å². The molecule has 1 aliphatic carbocycles. The van der Waals surface area contributed by atoms with E-state index in [1.54, 1.807) is 28.0 Å². The molecule has 0 radical (unpaired) electrons. The number of carbonyl (C=O) groups is 1. The molecule has 0 saturated heterocycles. The molecule has 7 heteroatoms. The van der Waals surface area contributed by atoms with E-state index in [0.29, 0.717) is 16.5 Å². The summed E-state index contributed by atoms with van der Waals surface area (Å²) in [5.74, 6) is 0.193. The summed E-state index contributed by atoms with van der Waals surface area (Å²) in [5, 5.41) is 1.48. The summed E-state index contributed by atoms with van der Waals surface area (Å²) >= 11 is 3.20. The fourth-order valence-electron chi connectivity index (χ4n) is 4.30. The highest BCUT2D eigenvalue weighted by Gasteiger charge is 2.24. The summed E-state index contributed by atoms with van der Waals surface area (Å²) in [6.45, 7) is 4.09. The number of primary amides is 1. The van der Waals surface area contributed by atoms with E-state index in [2.05, 4.69) is 13.0 Å². The van der Waals surface area contributed by atoms with Crippen LogP contribution in [0.3, 0.4) is 0 Å². The largest absolute Gasteiger partial charge is 0.366 e. The molecule has 162 valence electrons. The number of hydrogen-bond acceptors (Lipinski definition) is 5. The van der Waals surface area contributed by atoms with E-state index < -0.39 is 5.91 Å². The number of hydrogen-bond donors (Lipinski definition) is 1. The first-order chi connectivity index (χ1) is 15.4. The van der Waals surface area contributed by atoms with Gasteiger partial charge in [0.15, 0.2) is 5.16 Å². The molecular formula is C25H23N3O2S2. The monoisotopic (exact) mass is 461 g/mol. The van der Waals surface area contributed by atoms with Crippen molar-refractivity contribution in [2.24, 2.45) is 5.73 Å². The number of aryl methyl sites for hydroxylation is 4. The number of nitrogens with zero attached hydrogens (tertiary/aromatic N) is 2. The minimum absolute atomic E-state index is 0.0212. The highest BCUT2D eigenvalue weighted by Crippen LogP contribution is 2.36. The summed E-state index contributed by atoms with van der Waals surface area (Å²) in [5.41, 5.74) is 11.2. The molecule has 0 atom stereocenters.